The Balaban J connectivity index is 1.96. The molecule has 0 radical (unpaired) electrons. The maximum absolute atomic E-state index is 12.6. The smallest absolute Gasteiger partial charge is 0.326 e. The molecule has 0 bridgehead atoms. The lowest BCUT2D eigenvalue weighted by atomic mass is 9.98. The van der Waals surface area contributed by atoms with Crippen molar-refractivity contribution in [1.29, 1.82) is 0 Å². The van der Waals surface area contributed by atoms with E-state index in [-0.39, 0.29) is 6.03 Å². The fourth-order valence-corrected chi connectivity index (χ4v) is 3.30. The van der Waals surface area contributed by atoms with Crippen LogP contribution in [0.3, 0.4) is 0 Å². The van der Waals surface area contributed by atoms with Crippen LogP contribution >= 0.6 is 0 Å². The summed E-state index contributed by atoms with van der Waals surface area (Å²) in [6, 6.07) is -0.753. The van der Waals surface area contributed by atoms with Crippen LogP contribution in [0, 0.1) is 5.92 Å². The van der Waals surface area contributed by atoms with Crippen LogP contribution in [0.25, 0.3) is 0 Å². The number of hydrogen-bond acceptors (Lipinski definition) is 3. The van der Waals surface area contributed by atoms with Gasteiger partial charge in [-0.05, 0) is 31.6 Å². The summed E-state index contributed by atoms with van der Waals surface area (Å²) in [5.74, 6) is -0.363. The molecule has 2 rings (SSSR count). The van der Waals surface area contributed by atoms with E-state index in [1.807, 2.05) is 4.90 Å². The third kappa shape index (κ3) is 4.09. The summed E-state index contributed by atoms with van der Waals surface area (Å²) < 4.78 is 5.17. The number of rotatable bonds is 3. The van der Waals surface area contributed by atoms with E-state index in [4.69, 9.17) is 4.74 Å². The molecule has 0 aromatic rings. The fraction of sp³-hybridized carbons (Fsp3) is 0.867. The number of hydrogen-bond donors (Lipinski definition) is 1. The Bertz CT molecular complexity index is 367. The average Bonchev–Trinajstić information content (AvgIpc) is 2.73. The highest BCUT2D eigenvalue weighted by Gasteiger charge is 2.34. The van der Waals surface area contributed by atoms with E-state index >= 15 is 0 Å². The molecule has 2 heterocycles. The van der Waals surface area contributed by atoms with Crippen molar-refractivity contribution in [3.63, 3.8) is 0 Å². The molecule has 0 aromatic carbocycles. The van der Waals surface area contributed by atoms with Gasteiger partial charge in [-0.25, -0.2) is 9.59 Å². The average molecular weight is 298 g/mol. The van der Waals surface area contributed by atoms with Crippen molar-refractivity contribution in [3.05, 3.63) is 0 Å². The van der Waals surface area contributed by atoms with Gasteiger partial charge >= 0.3 is 12.0 Å². The molecule has 0 aromatic heterocycles. The van der Waals surface area contributed by atoms with Crippen LogP contribution in [-0.2, 0) is 9.53 Å². The van der Waals surface area contributed by atoms with Gasteiger partial charge in [0.1, 0.15) is 6.04 Å². The normalized spacial score (nSPS) is 24.7. The number of aliphatic carboxylic acids is 1. The zero-order chi connectivity index (χ0) is 15.2. The zero-order valence-corrected chi connectivity index (χ0v) is 12.8. The number of piperidine rings is 1. The van der Waals surface area contributed by atoms with Gasteiger partial charge < -0.3 is 19.6 Å². The van der Waals surface area contributed by atoms with E-state index in [1.165, 1.54) is 0 Å². The van der Waals surface area contributed by atoms with Crippen LogP contribution in [0.5, 0.6) is 0 Å². The third-order valence-electron chi connectivity index (χ3n) is 4.57. The second-order valence-corrected chi connectivity index (χ2v) is 6.07. The minimum Gasteiger partial charge on any atom is -0.480 e. The quantitative estimate of drug-likeness (QED) is 0.862. The maximum Gasteiger partial charge on any atom is 0.326 e. The Morgan fingerprint density at radius 2 is 1.81 bits per heavy atom. The Morgan fingerprint density at radius 3 is 2.43 bits per heavy atom. The number of carbonyl (C=O) groups excluding carboxylic acids is 1. The van der Waals surface area contributed by atoms with Gasteiger partial charge in [0, 0.05) is 33.4 Å². The van der Waals surface area contributed by atoms with Gasteiger partial charge in [0.15, 0.2) is 0 Å². The fourth-order valence-electron chi connectivity index (χ4n) is 3.30. The number of urea groups is 1. The molecular formula is C15H26N2O4. The summed E-state index contributed by atoms with van der Waals surface area (Å²) in [4.78, 5) is 27.4. The Morgan fingerprint density at radius 1 is 1.10 bits per heavy atom. The van der Waals surface area contributed by atoms with Crippen LogP contribution in [0.1, 0.15) is 38.5 Å². The number of nitrogens with zero attached hydrogens (tertiary/aromatic N) is 2. The van der Waals surface area contributed by atoms with Crippen molar-refractivity contribution < 1.29 is 19.4 Å². The van der Waals surface area contributed by atoms with Crippen molar-refractivity contribution in [3.8, 4) is 0 Å². The topological polar surface area (TPSA) is 70.1 Å². The molecule has 6 nitrogen and oxygen atoms in total. The van der Waals surface area contributed by atoms with E-state index in [1.54, 1.807) is 12.0 Å². The first-order valence-corrected chi connectivity index (χ1v) is 7.90. The molecule has 1 unspecified atom stereocenters. The van der Waals surface area contributed by atoms with Gasteiger partial charge in [-0.1, -0.05) is 12.8 Å². The molecule has 21 heavy (non-hydrogen) atoms. The monoisotopic (exact) mass is 298 g/mol. The molecule has 120 valence electrons. The van der Waals surface area contributed by atoms with Gasteiger partial charge in [0.05, 0.1) is 0 Å². The molecule has 2 saturated heterocycles. The second-order valence-electron chi connectivity index (χ2n) is 6.07. The number of likely N-dealkylation sites (tertiary alicyclic amines) is 2. The number of carboxylic acid groups (broad SMARTS) is 1. The SMILES string of the molecule is COCC1CCN(C(=O)N2CCCCCC2C(=O)O)CC1. The molecule has 0 saturated carbocycles. The Kier molecular flexibility index (Phi) is 5.85. The van der Waals surface area contributed by atoms with Crippen LogP contribution < -0.4 is 0 Å². The number of methoxy groups -OCH3 is 1. The summed E-state index contributed by atoms with van der Waals surface area (Å²) in [5, 5.41) is 9.36. The maximum atomic E-state index is 12.6. The zero-order valence-electron chi connectivity index (χ0n) is 12.8. The first kappa shape index (κ1) is 16.1. The Hall–Kier alpha value is -1.30. The van der Waals surface area contributed by atoms with Gasteiger partial charge in [-0.2, -0.15) is 0 Å². The lowest BCUT2D eigenvalue weighted by molar-refractivity contribution is -0.142. The van der Waals surface area contributed by atoms with E-state index in [0.717, 1.165) is 38.7 Å². The van der Waals surface area contributed by atoms with Crippen LogP contribution in [0.4, 0.5) is 4.79 Å². The number of carboxylic acids is 1. The molecule has 2 amide bonds. The van der Waals surface area contributed by atoms with Gasteiger partial charge in [0.2, 0.25) is 0 Å². The van der Waals surface area contributed by atoms with Crippen molar-refractivity contribution in [2.75, 3.05) is 33.4 Å². The van der Waals surface area contributed by atoms with Crippen molar-refractivity contribution in [1.82, 2.24) is 9.80 Å². The summed E-state index contributed by atoms with van der Waals surface area (Å²) in [7, 11) is 1.70. The van der Waals surface area contributed by atoms with Gasteiger partial charge in [0.25, 0.3) is 0 Å². The Labute approximate surface area is 126 Å². The first-order chi connectivity index (χ1) is 10.1. The van der Waals surface area contributed by atoms with Gasteiger partial charge in [-0.3, -0.25) is 0 Å². The molecule has 2 fully saturated rings. The minimum absolute atomic E-state index is 0.0971. The highest BCUT2D eigenvalue weighted by molar-refractivity contribution is 5.82. The van der Waals surface area contributed by atoms with Crippen LogP contribution in [0.2, 0.25) is 0 Å². The van der Waals surface area contributed by atoms with Crippen LogP contribution in [0.15, 0.2) is 0 Å². The number of carbonyl (C=O) groups is 2. The van der Waals surface area contributed by atoms with Crippen molar-refractivity contribution >= 4 is 12.0 Å². The van der Waals surface area contributed by atoms with Crippen molar-refractivity contribution in [2.45, 2.75) is 44.6 Å². The summed E-state index contributed by atoms with van der Waals surface area (Å²) in [5.41, 5.74) is 0. The van der Waals surface area contributed by atoms with Crippen LogP contribution in [-0.4, -0.2) is 66.3 Å². The predicted molar refractivity (Wildman–Crippen MR) is 78.2 cm³/mol. The molecule has 1 N–H and O–H groups in total. The molecule has 1 atom stereocenters. The van der Waals surface area contributed by atoms with E-state index in [9.17, 15) is 14.7 Å². The molecular weight excluding hydrogens is 272 g/mol. The number of ether oxygens (including phenoxy) is 1. The highest BCUT2D eigenvalue weighted by Crippen LogP contribution is 2.22. The molecule has 6 heteroatoms. The predicted octanol–water partition coefficient (Wildman–Crippen LogP) is 1.79. The lowest BCUT2D eigenvalue weighted by Gasteiger charge is -2.37. The summed E-state index contributed by atoms with van der Waals surface area (Å²) in [6.45, 7) is 2.71. The minimum atomic E-state index is -0.875. The number of amides is 2. The second kappa shape index (κ2) is 7.64. The van der Waals surface area contributed by atoms with E-state index < -0.39 is 12.0 Å². The van der Waals surface area contributed by atoms with E-state index in [0.29, 0.717) is 32.0 Å². The molecule has 0 spiro atoms. The first-order valence-electron chi connectivity index (χ1n) is 7.90. The lowest BCUT2D eigenvalue weighted by Crippen LogP contribution is -2.52. The molecule has 2 aliphatic heterocycles. The third-order valence-corrected chi connectivity index (χ3v) is 4.57. The van der Waals surface area contributed by atoms with E-state index in [2.05, 4.69) is 0 Å². The highest BCUT2D eigenvalue weighted by atomic mass is 16.5. The summed E-state index contributed by atoms with van der Waals surface area (Å²) >= 11 is 0. The standard InChI is InChI=1S/C15H26N2O4/c1-21-11-12-6-9-16(10-7-12)15(20)17-8-4-2-3-5-13(17)14(18)19/h12-13H,2-11H2,1H3,(H,18,19). The molecule has 0 aliphatic carbocycles. The molecule has 2 aliphatic rings. The largest absolute Gasteiger partial charge is 0.480 e. The van der Waals surface area contributed by atoms with Crippen molar-refractivity contribution in [2.24, 2.45) is 5.92 Å². The summed E-state index contributed by atoms with van der Waals surface area (Å²) in [6.07, 6.45) is 5.23. The van der Waals surface area contributed by atoms with Gasteiger partial charge in [-0.15, -0.1) is 0 Å².